The molecule has 9 heteroatoms. The van der Waals surface area contributed by atoms with E-state index >= 15 is 0 Å². The second-order valence-electron chi connectivity index (χ2n) is 4.19. The Morgan fingerprint density at radius 2 is 2.05 bits per heavy atom. The fourth-order valence-electron chi connectivity index (χ4n) is 1.54. The van der Waals surface area contributed by atoms with E-state index in [1.54, 1.807) is 0 Å². The summed E-state index contributed by atoms with van der Waals surface area (Å²) in [6.45, 7) is 0.171. The second kappa shape index (κ2) is 8.32. The number of halogens is 2. The van der Waals surface area contributed by atoms with Crippen molar-refractivity contribution < 1.29 is 28.6 Å². The van der Waals surface area contributed by atoms with Crippen LogP contribution in [-0.2, 0) is 9.53 Å². The lowest BCUT2D eigenvalue weighted by molar-refractivity contribution is -0.137. The van der Waals surface area contributed by atoms with Crippen LogP contribution in [0.3, 0.4) is 0 Å². The first kappa shape index (κ1) is 17.9. The number of aliphatic carboxylic acids is 1. The summed E-state index contributed by atoms with van der Waals surface area (Å²) in [6, 6.07) is 1.83. The predicted octanol–water partition coefficient (Wildman–Crippen LogP) is 2.36. The number of esters is 1. The molecule has 0 aliphatic heterocycles. The lowest BCUT2D eigenvalue weighted by Crippen LogP contribution is -2.30. The van der Waals surface area contributed by atoms with Gasteiger partial charge in [-0.3, -0.25) is 4.79 Å². The van der Waals surface area contributed by atoms with Crippen molar-refractivity contribution in [3.8, 4) is 0 Å². The van der Waals surface area contributed by atoms with E-state index in [9.17, 15) is 18.8 Å². The number of carbonyl (C=O) groups excluding carboxylic acids is 2. The van der Waals surface area contributed by atoms with Gasteiger partial charge in [0, 0.05) is 18.7 Å². The van der Waals surface area contributed by atoms with Gasteiger partial charge in [-0.2, -0.15) is 0 Å². The maximum atomic E-state index is 13.7. The van der Waals surface area contributed by atoms with Gasteiger partial charge in [-0.1, -0.05) is 0 Å². The molecule has 0 bridgehead atoms. The number of rotatable bonds is 6. The lowest BCUT2D eigenvalue weighted by Gasteiger charge is -2.10. The molecule has 0 saturated carbocycles. The van der Waals surface area contributed by atoms with E-state index in [1.807, 2.05) is 0 Å². The number of benzene rings is 1. The van der Waals surface area contributed by atoms with Gasteiger partial charge in [0.1, 0.15) is 0 Å². The number of carbonyl (C=O) groups is 3. The summed E-state index contributed by atoms with van der Waals surface area (Å²) < 4.78 is 18.2. The van der Waals surface area contributed by atoms with E-state index in [1.165, 1.54) is 6.07 Å². The number of methoxy groups -OCH3 is 1. The van der Waals surface area contributed by atoms with Crippen LogP contribution in [0.15, 0.2) is 16.6 Å². The standard InChI is InChI=1S/C13H14BrFN2O5/c1-22-12(20)8-5-7(6-9(14)11(8)15)17-13(21)16-4-2-3-10(18)19/h5-6H,2-4H2,1H3,(H,18,19)(H2,16,17,21). The first-order valence-electron chi connectivity index (χ1n) is 6.19. The fourth-order valence-corrected chi connectivity index (χ4v) is 2.00. The van der Waals surface area contributed by atoms with Gasteiger partial charge in [-0.05, 0) is 34.5 Å². The zero-order valence-corrected chi connectivity index (χ0v) is 13.2. The number of anilines is 1. The maximum Gasteiger partial charge on any atom is 0.340 e. The molecule has 0 aliphatic carbocycles. The molecule has 0 fully saturated rings. The lowest BCUT2D eigenvalue weighted by atomic mass is 10.2. The molecule has 1 aromatic carbocycles. The average Bonchev–Trinajstić information content (AvgIpc) is 2.46. The molecule has 3 N–H and O–H groups in total. The van der Waals surface area contributed by atoms with Crippen LogP contribution in [0.25, 0.3) is 0 Å². The number of ether oxygens (including phenoxy) is 1. The molecule has 0 heterocycles. The van der Waals surface area contributed by atoms with Crippen LogP contribution in [0.4, 0.5) is 14.9 Å². The number of nitrogens with one attached hydrogen (secondary N) is 2. The number of hydrogen-bond donors (Lipinski definition) is 3. The topological polar surface area (TPSA) is 105 Å². The van der Waals surface area contributed by atoms with Crippen LogP contribution < -0.4 is 10.6 Å². The summed E-state index contributed by atoms with van der Waals surface area (Å²) in [5.41, 5.74) is -0.137. The largest absolute Gasteiger partial charge is 0.481 e. The van der Waals surface area contributed by atoms with Crippen molar-refractivity contribution in [2.24, 2.45) is 0 Å². The van der Waals surface area contributed by atoms with Crippen LogP contribution in [0.2, 0.25) is 0 Å². The van der Waals surface area contributed by atoms with E-state index in [4.69, 9.17) is 5.11 Å². The highest BCUT2D eigenvalue weighted by molar-refractivity contribution is 9.10. The minimum absolute atomic E-state index is 0.00317. The van der Waals surface area contributed by atoms with Gasteiger partial charge < -0.3 is 20.5 Å². The minimum atomic E-state index is -0.951. The van der Waals surface area contributed by atoms with Crippen LogP contribution >= 0.6 is 15.9 Å². The van der Waals surface area contributed by atoms with E-state index in [-0.39, 0.29) is 35.1 Å². The number of carboxylic acid groups (broad SMARTS) is 1. The molecule has 22 heavy (non-hydrogen) atoms. The molecular formula is C13H14BrFN2O5. The van der Waals surface area contributed by atoms with Gasteiger partial charge in [-0.15, -0.1) is 0 Å². The summed E-state index contributed by atoms with van der Waals surface area (Å²) in [5, 5.41) is 13.3. The van der Waals surface area contributed by atoms with E-state index in [0.29, 0.717) is 0 Å². The molecule has 0 radical (unpaired) electrons. The predicted molar refractivity (Wildman–Crippen MR) is 79.3 cm³/mol. The van der Waals surface area contributed by atoms with Gasteiger partial charge in [0.15, 0.2) is 5.82 Å². The normalized spacial score (nSPS) is 9.95. The third kappa shape index (κ3) is 5.32. The molecule has 0 aromatic heterocycles. The van der Waals surface area contributed by atoms with Crippen molar-refractivity contribution in [1.29, 1.82) is 0 Å². The molecule has 0 spiro atoms. The van der Waals surface area contributed by atoms with Gasteiger partial charge in [0.2, 0.25) is 0 Å². The van der Waals surface area contributed by atoms with Crippen molar-refractivity contribution in [2.45, 2.75) is 12.8 Å². The van der Waals surface area contributed by atoms with E-state index < -0.39 is 23.8 Å². The number of carboxylic acids is 1. The average molecular weight is 377 g/mol. The highest BCUT2D eigenvalue weighted by Crippen LogP contribution is 2.25. The molecule has 2 amide bonds. The Morgan fingerprint density at radius 1 is 1.36 bits per heavy atom. The van der Waals surface area contributed by atoms with Crippen LogP contribution in [0.1, 0.15) is 23.2 Å². The summed E-state index contributed by atoms with van der Waals surface area (Å²) in [6.07, 6.45) is 0.220. The van der Waals surface area contributed by atoms with Gasteiger partial charge >= 0.3 is 18.0 Å². The molecular weight excluding hydrogens is 363 g/mol. The Balaban J connectivity index is 2.69. The van der Waals surface area contributed by atoms with Crippen molar-refractivity contribution in [3.63, 3.8) is 0 Å². The molecule has 7 nitrogen and oxygen atoms in total. The molecule has 1 aromatic rings. The smallest absolute Gasteiger partial charge is 0.340 e. The molecule has 0 aliphatic rings. The second-order valence-corrected chi connectivity index (χ2v) is 5.04. The zero-order valence-electron chi connectivity index (χ0n) is 11.6. The highest BCUT2D eigenvalue weighted by atomic mass is 79.9. The molecule has 1 rings (SSSR count). The monoisotopic (exact) mass is 376 g/mol. The van der Waals surface area contributed by atoms with Crippen molar-refractivity contribution >= 4 is 39.6 Å². The maximum absolute atomic E-state index is 13.7. The quantitative estimate of drug-likeness (QED) is 0.522. The minimum Gasteiger partial charge on any atom is -0.481 e. The third-order valence-corrected chi connectivity index (χ3v) is 3.12. The Bertz CT molecular complexity index is 594. The summed E-state index contributed by atoms with van der Waals surface area (Å²) in [4.78, 5) is 33.4. The van der Waals surface area contributed by atoms with Crippen LogP contribution in [0, 0.1) is 5.82 Å². The summed E-state index contributed by atoms with van der Waals surface area (Å²) in [5.74, 6) is -2.62. The molecule has 0 unspecified atom stereocenters. The Kier molecular flexibility index (Phi) is 6.77. The molecule has 0 saturated heterocycles. The van der Waals surface area contributed by atoms with Gasteiger partial charge in [0.05, 0.1) is 17.1 Å². The fraction of sp³-hybridized carbons (Fsp3) is 0.308. The first-order chi connectivity index (χ1) is 10.3. The van der Waals surface area contributed by atoms with Crippen LogP contribution in [-0.4, -0.2) is 36.7 Å². The summed E-state index contributed by atoms with van der Waals surface area (Å²) in [7, 11) is 1.12. The van der Waals surface area contributed by atoms with E-state index in [0.717, 1.165) is 13.2 Å². The Hall–Kier alpha value is -2.16. The zero-order chi connectivity index (χ0) is 16.7. The number of urea groups is 1. The Labute approximate surface area is 134 Å². The van der Waals surface area contributed by atoms with Crippen molar-refractivity contribution in [3.05, 3.63) is 28.0 Å². The van der Waals surface area contributed by atoms with Crippen molar-refractivity contribution in [2.75, 3.05) is 19.0 Å². The van der Waals surface area contributed by atoms with E-state index in [2.05, 4.69) is 31.3 Å². The molecule has 120 valence electrons. The molecule has 0 atom stereocenters. The highest BCUT2D eigenvalue weighted by Gasteiger charge is 2.17. The third-order valence-electron chi connectivity index (χ3n) is 2.54. The Morgan fingerprint density at radius 3 is 2.64 bits per heavy atom. The summed E-state index contributed by atoms with van der Waals surface area (Å²) >= 11 is 2.94. The van der Waals surface area contributed by atoms with Crippen LogP contribution in [0.5, 0.6) is 0 Å². The van der Waals surface area contributed by atoms with Gasteiger partial charge in [-0.25, -0.2) is 14.0 Å². The SMILES string of the molecule is COC(=O)c1cc(NC(=O)NCCCC(=O)O)cc(Br)c1F. The number of amides is 2. The first-order valence-corrected chi connectivity index (χ1v) is 6.98. The van der Waals surface area contributed by atoms with Gasteiger partial charge in [0.25, 0.3) is 0 Å². The number of hydrogen-bond acceptors (Lipinski definition) is 4. The van der Waals surface area contributed by atoms with Crippen molar-refractivity contribution in [1.82, 2.24) is 5.32 Å².